The zero-order chi connectivity index (χ0) is 28.1. The fourth-order valence-electron chi connectivity index (χ4n) is 5.05. The fraction of sp³-hybridized carbons (Fsp3) is 0.500. The monoisotopic (exact) mass is 476 g/mol. The normalized spacial score (nSPS) is 25.7. The molecule has 7 nitrogen and oxygen atoms in total. The van der Waals surface area contributed by atoms with Crippen LogP contribution in [-0.4, -0.2) is 37.8 Å². The summed E-state index contributed by atoms with van der Waals surface area (Å²) in [6.07, 6.45) is 4.03. The summed E-state index contributed by atoms with van der Waals surface area (Å²) in [4.78, 5) is 15.3. The molecule has 174 valence electrons. The van der Waals surface area contributed by atoms with Gasteiger partial charge in [0.05, 0.1) is 6.04 Å². The number of ether oxygens (including phenoxy) is 1. The van der Waals surface area contributed by atoms with Gasteiger partial charge < -0.3 is 9.64 Å². The largest absolute Gasteiger partial charge is 0.424 e. The molecule has 3 aromatic rings. The lowest BCUT2D eigenvalue weighted by molar-refractivity contribution is 0.264. The summed E-state index contributed by atoms with van der Waals surface area (Å²) in [5.41, 5.74) is 0.898. The van der Waals surface area contributed by atoms with Crippen molar-refractivity contribution in [3.05, 3.63) is 53.0 Å². The summed E-state index contributed by atoms with van der Waals surface area (Å²) < 4.78 is 67.9. The molecule has 2 aromatic heterocycles. The minimum Gasteiger partial charge on any atom is -0.424 e. The number of aromatic nitrogens is 5. The highest BCUT2D eigenvalue weighted by molar-refractivity contribution is 6.30. The molecule has 9 heteroatoms. The van der Waals surface area contributed by atoms with Crippen molar-refractivity contribution in [2.24, 2.45) is 17.8 Å². The van der Waals surface area contributed by atoms with Crippen LogP contribution in [-0.2, 0) is 6.42 Å². The minimum atomic E-state index is -2.94. The van der Waals surface area contributed by atoms with Crippen LogP contribution < -0.4 is 9.64 Å². The molecule has 3 heterocycles. The third-order valence-corrected chi connectivity index (χ3v) is 6.71. The second-order valence-electron chi connectivity index (χ2n) is 8.75. The van der Waals surface area contributed by atoms with Gasteiger partial charge in [0.1, 0.15) is 23.7 Å². The van der Waals surface area contributed by atoms with E-state index in [0.717, 1.165) is 54.3 Å². The zero-order valence-electron chi connectivity index (χ0n) is 24.1. The van der Waals surface area contributed by atoms with Gasteiger partial charge in [-0.05, 0) is 63.4 Å². The fourth-order valence-corrected chi connectivity index (χ4v) is 5.26. The number of benzene rings is 1. The van der Waals surface area contributed by atoms with E-state index in [1.54, 1.807) is 6.33 Å². The number of aryl methyl sites for hydroxylation is 1. The molecule has 2 bridgehead atoms. The Labute approximate surface area is 206 Å². The van der Waals surface area contributed by atoms with Crippen LogP contribution in [0.5, 0.6) is 11.8 Å². The molecule has 0 N–H and O–H groups in total. The van der Waals surface area contributed by atoms with Crippen molar-refractivity contribution in [2.45, 2.75) is 45.9 Å². The number of anilines is 1. The van der Waals surface area contributed by atoms with Gasteiger partial charge in [-0.3, -0.25) is 0 Å². The first-order chi connectivity index (χ1) is 18.3. The molecule has 2 aliphatic rings. The molecule has 3 atom stereocenters. The van der Waals surface area contributed by atoms with E-state index in [1.165, 1.54) is 6.07 Å². The van der Waals surface area contributed by atoms with Crippen molar-refractivity contribution in [3.63, 3.8) is 0 Å². The van der Waals surface area contributed by atoms with Crippen LogP contribution in [0.25, 0.3) is 0 Å². The molecule has 1 saturated carbocycles. The summed E-state index contributed by atoms with van der Waals surface area (Å²) in [6, 6.07) is 3.08. The Morgan fingerprint density at radius 2 is 1.97 bits per heavy atom. The minimum absolute atomic E-state index is 0.0523. The molecule has 1 aliphatic heterocycles. The molecular weight excluding hydrogens is 443 g/mol. The Morgan fingerprint density at radius 1 is 1.18 bits per heavy atom. The first kappa shape index (κ1) is 16.0. The predicted molar refractivity (Wildman–Crippen MR) is 124 cm³/mol. The van der Waals surface area contributed by atoms with E-state index in [0.29, 0.717) is 18.3 Å². The molecule has 1 aliphatic carbocycles. The van der Waals surface area contributed by atoms with Gasteiger partial charge in [0.15, 0.2) is 5.82 Å². The van der Waals surface area contributed by atoms with Gasteiger partial charge in [-0.1, -0.05) is 11.6 Å². The van der Waals surface area contributed by atoms with Gasteiger partial charge >= 0.3 is 6.01 Å². The smallest absolute Gasteiger partial charge is 0.320 e. The highest BCUT2D eigenvalue weighted by atomic mass is 35.5. The third kappa shape index (κ3) is 4.67. The summed E-state index contributed by atoms with van der Waals surface area (Å²) in [7, 11) is 0. The second-order valence-corrected chi connectivity index (χ2v) is 9.19. The third-order valence-electron chi connectivity index (χ3n) is 6.49. The molecular formula is C24H28ClFN6O. The molecule has 1 saturated heterocycles. The van der Waals surface area contributed by atoms with Crippen molar-refractivity contribution >= 4 is 17.4 Å². The Bertz CT molecular complexity index is 1300. The number of fused-ring (bicyclic) bond motifs is 2. The zero-order valence-corrected chi connectivity index (χ0v) is 18.8. The average Bonchev–Trinajstić information content (AvgIpc) is 3.25. The van der Waals surface area contributed by atoms with Crippen LogP contribution in [0, 0.1) is 30.5 Å². The topological polar surface area (TPSA) is 69.0 Å². The van der Waals surface area contributed by atoms with Gasteiger partial charge in [0.25, 0.3) is 0 Å². The first-order valence-electron chi connectivity index (χ1n) is 13.9. The molecule has 2 fully saturated rings. The number of hydrogen-bond donors (Lipinski definition) is 0. The summed E-state index contributed by atoms with van der Waals surface area (Å²) in [5, 5.41) is 4.42. The maximum atomic E-state index is 14.0. The summed E-state index contributed by atoms with van der Waals surface area (Å²) >= 11 is 5.95. The van der Waals surface area contributed by atoms with E-state index in [9.17, 15) is 4.39 Å². The van der Waals surface area contributed by atoms with Crippen LogP contribution in [0.1, 0.15) is 52.3 Å². The van der Waals surface area contributed by atoms with E-state index in [2.05, 4.69) is 25.0 Å². The highest BCUT2D eigenvalue weighted by Gasteiger charge is 2.43. The van der Waals surface area contributed by atoms with Crippen molar-refractivity contribution in [1.29, 1.82) is 0 Å². The highest BCUT2D eigenvalue weighted by Crippen LogP contribution is 2.44. The maximum absolute atomic E-state index is 14.0. The van der Waals surface area contributed by atoms with Crippen LogP contribution in [0.3, 0.4) is 0 Å². The second kappa shape index (κ2) is 8.89. The van der Waals surface area contributed by atoms with Crippen LogP contribution >= 0.6 is 11.6 Å². The van der Waals surface area contributed by atoms with Gasteiger partial charge in [-0.25, -0.2) is 19.0 Å². The van der Waals surface area contributed by atoms with Crippen LogP contribution in [0.15, 0.2) is 30.6 Å². The maximum Gasteiger partial charge on any atom is 0.320 e. The van der Waals surface area contributed by atoms with Crippen LogP contribution in [0.2, 0.25) is 5.02 Å². The summed E-state index contributed by atoms with van der Waals surface area (Å²) in [6.45, 7) is -2.34. The molecule has 1 unspecified atom stereocenters. The van der Waals surface area contributed by atoms with E-state index in [-0.39, 0.29) is 28.5 Å². The molecule has 0 amide bonds. The Morgan fingerprint density at radius 3 is 2.67 bits per heavy atom. The lowest BCUT2D eigenvalue weighted by Crippen LogP contribution is -2.43. The van der Waals surface area contributed by atoms with Crippen molar-refractivity contribution in [1.82, 2.24) is 24.7 Å². The van der Waals surface area contributed by atoms with Gasteiger partial charge in [-0.2, -0.15) is 10.1 Å². The number of rotatable bonds is 6. The standard InChI is InChI=1S/C24H28ClFN6O/c1-14(2)32-24(33-20-8-18(25)7-19(26)9-20)29-22(30-32)10-21-16-4-5-17(21)12-31(11-16)23-6-15(3)27-13-28-23/h6-9,13-14,16-17,21H,4-5,10-12H2,1-3H3/t16-,17+,21?/i1D3,2D3. The molecule has 33 heavy (non-hydrogen) atoms. The number of nitrogens with zero attached hydrogens (tertiary/aromatic N) is 6. The van der Waals surface area contributed by atoms with E-state index >= 15 is 0 Å². The van der Waals surface area contributed by atoms with Gasteiger partial charge in [0.2, 0.25) is 0 Å². The number of hydrogen-bond acceptors (Lipinski definition) is 6. The van der Waals surface area contributed by atoms with Crippen molar-refractivity contribution in [3.8, 4) is 11.8 Å². The van der Waals surface area contributed by atoms with Crippen molar-refractivity contribution < 1.29 is 17.4 Å². The SMILES string of the molecule is [2H]C([2H])([2H])C(n1nc(CC2[C@@H]3CC[C@H]2CN(c2cc(C)ncn2)C3)nc1Oc1cc(F)cc(Cl)c1)C([2H])([2H])[2H]. The van der Waals surface area contributed by atoms with E-state index in [1.807, 2.05) is 13.0 Å². The molecule has 0 spiro atoms. The molecule has 0 radical (unpaired) electrons. The number of piperidine rings is 1. The van der Waals surface area contributed by atoms with Crippen LogP contribution in [0.4, 0.5) is 10.2 Å². The lowest BCUT2D eigenvalue weighted by Gasteiger charge is -2.38. The number of halogens is 2. The van der Waals surface area contributed by atoms with E-state index < -0.39 is 25.6 Å². The van der Waals surface area contributed by atoms with Gasteiger partial charge in [0, 0.05) is 50.6 Å². The predicted octanol–water partition coefficient (Wildman–Crippen LogP) is 5.25. The van der Waals surface area contributed by atoms with Crippen molar-refractivity contribution in [2.75, 3.05) is 18.0 Å². The Kier molecular flexibility index (Phi) is 4.31. The van der Waals surface area contributed by atoms with E-state index in [4.69, 9.17) is 24.6 Å². The first-order valence-corrected chi connectivity index (χ1v) is 11.3. The Balaban J connectivity index is 1.44. The molecule has 1 aromatic carbocycles. The van der Waals surface area contributed by atoms with Gasteiger partial charge in [-0.15, -0.1) is 0 Å². The Hall–Kier alpha value is -2.74. The summed E-state index contributed by atoms with van der Waals surface area (Å²) in [5.74, 6) is 1.33. The average molecular weight is 477 g/mol. The lowest BCUT2D eigenvalue weighted by atomic mass is 9.82. The quantitative estimate of drug-likeness (QED) is 0.484. The molecule has 5 rings (SSSR count).